The first-order valence-electron chi connectivity index (χ1n) is 6.65. The van der Waals surface area contributed by atoms with E-state index in [9.17, 15) is 4.79 Å². The van der Waals surface area contributed by atoms with Gasteiger partial charge in [-0.15, -0.1) is 0 Å². The normalized spacial score (nSPS) is 10.5. The Morgan fingerprint density at radius 2 is 2.10 bits per heavy atom. The third kappa shape index (κ3) is 3.60. The largest absolute Gasteiger partial charge is 0.399 e. The fourth-order valence-corrected chi connectivity index (χ4v) is 2.11. The van der Waals surface area contributed by atoms with Crippen LogP contribution in [0.3, 0.4) is 0 Å². The van der Waals surface area contributed by atoms with Crippen molar-refractivity contribution >= 4 is 11.6 Å². The van der Waals surface area contributed by atoms with Crippen LogP contribution in [-0.4, -0.2) is 15.7 Å². The molecule has 2 rings (SSSR count). The summed E-state index contributed by atoms with van der Waals surface area (Å²) in [5.41, 5.74) is 9.59. The smallest absolute Gasteiger partial charge is 0.220 e. The molecule has 1 aromatic heterocycles. The Balaban J connectivity index is 1.82. The molecule has 1 amide bonds. The number of aromatic nitrogens is 2. The van der Waals surface area contributed by atoms with Crippen molar-refractivity contribution in [2.75, 3.05) is 5.73 Å². The summed E-state index contributed by atoms with van der Waals surface area (Å²) in [5, 5.41) is 7.15. The maximum absolute atomic E-state index is 11.8. The van der Waals surface area contributed by atoms with Gasteiger partial charge in [0, 0.05) is 37.5 Å². The van der Waals surface area contributed by atoms with Crippen molar-refractivity contribution in [3.63, 3.8) is 0 Å². The number of nitrogen functional groups attached to an aromatic ring is 1. The van der Waals surface area contributed by atoms with Crippen molar-refractivity contribution in [3.8, 4) is 0 Å². The summed E-state index contributed by atoms with van der Waals surface area (Å²) in [6.45, 7) is 2.45. The molecule has 0 spiro atoms. The van der Waals surface area contributed by atoms with Crippen LogP contribution >= 0.6 is 0 Å². The maximum atomic E-state index is 11.8. The van der Waals surface area contributed by atoms with Crippen LogP contribution in [0.2, 0.25) is 0 Å². The topological polar surface area (TPSA) is 72.9 Å². The van der Waals surface area contributed by atoms with E-state index in [1.807, 2.05) is 44.4 Å². The molecule has 0 saturated heterocycles. The summed E-state index contributed by atoms with van der Waals surface area (Å²) in [5.74, 6) is 0.0245. The summed E-state index contributed by atoms with van der Waals surface area (Å²) in [7, 11) is 1.87. The molecule has 0 fully saturated rings. The Kier molecular flexibility index (Phi) is 4.40. The summed E-state index contributed by atoms with van der Waals surface area (Å²) in [4.78, 5) is 11.8. The lowest BCUT2D eigenvalue weighted by atomic mass is 10.1. The molecule has 0 aliphatic carbocycles. The van der Waals surface area contributed by atoms with Gasteiger partial charge in [-0.1, -0.05) is 18.2 Å². The fraction of sp³-hybridized carbons (Fsp3) is 0.333. The van der Waals surface area contributed by atoms with Crippen molar-refractivity contribution in [1.29, 1.82) is 0 Å². The van der Waals surface area contributed by atoms with E-state index in [1.54, 1.807) is 4.68 Å². The van der Waals surface area contributed by atoms with Crippen molar-refractivity contribution in [2.45, 2.75) is 26.3 Å². The number of hydrogen-bond donors (Lipinski definition) is 2. The molecule has 5 heteroatoms. The Labute approximate surface area is 118 Å². The molecule has 3 N–H and O–H groups in total. The van der Waals surface area contributed by atoms with E-state index in [2.05, 4.69) is 10.4 Å². The highest BCUT2D eigenvalue weighted by atomic mass is 16.1. The number of aryl methyl sites for hydroxylation is 3. The van der Waals surface area contributed by atoms with Crippen LogP contribution in [-0.2, 0) is 24.8 Å². The molecular weight excluding hydrogens is 252 g/mol. The molecule has 106 valence electrons. The third-order valence-electron chi connectivity index (χ3n) is 3.27. The van der Waals surface area contributed by atoms with Gasteiger partial charge in [-0.25, -0.2) is 0 Å². The second-order valence-electron chi connectivity index (χ2n) is 4.89. The van der Waals surface area contributed by atoms with Gasteiger partial charge in [0.2, 0.25) is 5.91 Å². The van der Waals surface area contributed by atoms with Crippen LogP contribution in [0.4, 0.5) is 5.69 Å². The molecule has 1 heterocycles. The molecule has 0 bridgehead atoms. The minimum atomic E-state index is 0.0245. The Bertz CT molecular complexity index is 604. The number of benzene rings is 1. The van der Waals surface area contributed by atoms with E-state index in [-0.39, 0.29) is 5.91 Å². The SMILES string of the molecule is Cc1nn(C)cc1CNC(=O)CCc1ccccc1N. The van der Waals surface area contributed by atoms with Crippen molar-refractivity contribution in [2.24, 2.45) is 7.05 Å². The number of para-hydroxylation sites is 1. The van der Waals surface area contributed by atoms with Crippen molar-refractivity contribution in [1.82, 2.24) is 15.1 Å². The van der Waals surface area contributed by atoms with Gasteiger partial charge < -0.3 is 11.1 Å². The van der Waals surface area contributed by atoms with Gasteiger partial charge in [-0.2, -0.15) is 5.10 Å². The standard InChI is InChI=1S/C15H20N4O/c1-11-13(10-19(2)18-11)9-17-15(20)8-7-12-5-3-4-6-14(12)16/h3-6,10H,7-9,16H2,1-2H3,(H,17,20). The quantitative estimate of drug-likeness (QED) is 0.811. The van der Waals surface area contributed by atoms with Crippen LogP contribution in [0.1, 0.15) is 23.2 Å². The molecule has 0 radical (unpaired) electrons. The zero-order valence-corrected chi connectivity index (χ0v) is 11.9. The summed E-state index contributed by atoms with van der Waals surface area (Å²) in [6, 6.07) is 7.63. The van der Waals surface area contributed by atoms with Gasteiger partial charge in [-0.05, 0) is 25.0 Å². The molecule has 0 aliphatic rings. The van der Waals surface area contributed by atoms with E-state index < -0.39 is 0 Å². The molecule has 20 heavy (non-hydrogen) atoms. The van der Waals surface area contributed by atoms with Gasteiger partial charge >= 0.3 is 0 Å². The number of carbonyl (C=O) groups excluding carboxylic acids is 1. The number of hydrogen-bond acceptors (Lipinski definition) is 3. The van der Waals surface area contributed by atoms with E-state index in [0.29, 0.717) is 19.4 Å². The first kappa shape index (κ1) is 14.1. The van der Waals surface area contributed by atoms with Crippen LogP contribution in [0, 0.1) is 6.92 Å². The highest BCUT2D eigenvalue weighted by molar-refractivity contribution is 5.76. The van der Waals surface area contributed by atoms with E-state index in [1.165, 1.54) is 0 Å². The predicted octanol–water partition coefficient (Wildman–Crippen LogP) is 1.56. The second kappa shape index (κ2) is 6.23. The highest BCUT2D eigenvalue weighted by Crippen LogP contribution is 2.12. The molecule has 0 unspecified atom stereocenters. The molecule has 1 aromatic carbocycles. The Hall–Kier alpha value is -2.30. The first-order chi connectivity index (χ1) is 9.56. The van der Waals surface area contributed by atoms with Crippen LogP contribution in [0.15, 0.2) is 30.5 Å². The number of anilines is 1. The van der Waals surface area contributed by atoms with Crippen LogP contribution in [0.25, 0.3) is 0 Å². The molecular formula is C15H20N4O. The second-order valence-corrected chi connectivity index (χ2v) is 4.89. The first-order valence-corrected chi connectivity index (χ1v) is 6.65. The zero-order valence-electron chi connectivity index (χ0n) is 11.9. The lowest BCUT2D eigenvalue weighted by molar-refractivity contribution is -0.121. The van der Waals surface area contributed by atoms with Crippen LogP contribution < -0.4 is 11.1 Å². The number of carbonyl (C=O) groups is 1. The zero-order chi connectivity index (χ0) is 14.5. The average Bonchev–Trinajstić information content (AvgIpc) is 2.74. The fourth-order valence-electron chi connectivity index (χ4n) is 2.11. The van der Waals surface area contributed by atoms with Gasteiger partial charge in [0.05, 0.1) is 5.69 Å². The van der Waals surface area contributed by atoms with E-state index in [0.717, 1.165) is 22.5 Å². The van der Waals surface area contributed by atoms with Gasteiger partial charge in [0.25, 0.3) is 0 Å². The molecule has 5 nitrogen and oxygen atoms in total. The number of rotatable bonds is 5. The Morgan fingerprint density at radius 3 is 2.75 bits per heavy atom. The van der Waals surface area contributed by atoms with E-state index >= 15 is 0 Å². The molecule has 0 aliphatic heterocycles. The number of nitrogens with one attached hydrogen (secondary N) is 1. The van der Waals surface area contributed by atoms with E-state index in [4.69, 9.17) is 5.73 Å². The van der Waals surface area contributed by atoms with Gasteiger partial charge in [0.1, 0.15) is 0 Å². The lowest BCUT2D eigenvalue weighted by Gasteiger charge is -2.06. The number of amides is 1. The summed E-state index contributed by atoms with van der Waals surface area (Å²) < 4.78 is 1.75. The summed E-state index contributed by atoms with van der Waals surface area (Å²) in [6.07, 6.45) is 3.02. The molecule has 2 aromatic rings. The highest BCUT2D eigenvalue weighted by Gasteiger charge is 2.07. The minimum absolute atomic E-state index is 0.0245. The minimum Gasteiger partial charge on any atom is -0.399 e. The van der Waals surface area contributed by atoms with Gasteiger partial charge in [-0.3, -0.25) is 9.48 Å². The van der Waals surface area contributed by atoms with Crippen molar-refractivity contribution < 1.29 is 4.79 Å². The van der Waals surface area contributed by atoms with Crippen LogP contribution in [0.5, 0.6) is 0 Å². The Morgan fingerprint density at radius 1 is 1.35 bits per heavy atom. The van der Waals surface area contributed by atoms with Gasteiger partial charge in [0.15, 0.2) is 0 Å². The molecule has 0 saturated carbocycles. The predicted molar refractivity (Wildman–Crippen MR) is 79.0 cm³/mol. The number of nitrogens with zero attached hydrogens (tertiary/aromatic N) is 2. The third-order valence-corrected chi connectivity index (χ3v) is 3.27. The average molecular weight is 272 g/mol. The number of nitrogens with two attached hydrogens (primary N) is 1. The summed E-state index contributed by atoms with van der Waals surface area (Å²) >= 11 is 0. The van der Waals surface area contributed by atoms with Crippen molar-refractivity contribution in [3.05, 3.63) is 47.3 Å². The lowest BCUT2D eigenvalue weighted by Crippen LogP contribution is -2.23. The maximum Gasteiger partial charge on any atom is 0.220 e. The molecule has 0 atom stereocenters. The monoisotopic (exact) mass is 272 g/mol.